The average molecular weight is 293 g/mol. The van der Waals surface area contributed by atoms with Crippen molar-refractivity contribution in [3.8, 4) is 11.5 Å². The minimum Gasteiger partial charge on any atom is -0.493 e. The van der Waals surface area contributed by atoms with Crippen LogP contribution in [0, 0.1) is 5.92 Å². The summed E-state index contributed by atoms with van der Waals surface area (Å²) in [7, 11) is 1.63. The average Bonchev–Trinajstić information content (AvgIpc) is 3.27. The highest BCUT2D eigenvalue weighted by Crippen LogP contribution is 2.30. The van der Waals surface area contributed by atoms with Gasteiger partial charge in [-0.25, -0.2) is 0 Å². The van der Waals surface area contributed by atoms with Gasteiger partial charge in [0, 0.05) is 12.6 Å². The van der Waals surface area contributed by atoms with Crippen LogP contribution >= 0.6 is 0 Å². The van der Waals surface area contributed by atoms with Gasteiger partial charge in [0.25, 0.3) is 0 Å². The maximum atomic E-state index is 10.3. The lowest BCUT2D eigenvalue weighted by Crippen LogP contribution is -2.37. The molecule has 4 heteroatoms. The first-order valence-corrected chi connectivity index (χ1v) is 7.68. The maximum absolute atomic E-state index is 10.3. The van der Waals surface area contributed by atoms with Gasteiger partial charge in [0.15, 0.2) is 11.5 Å². The van der Waals surface area contributed by atoms with E-state index in [9.17, 15) is 5.11 Å². The lowest BCUT2D eigenvalue weighted by molar-refractivity contribution is -0.0271. The van der Waals surface area contributed by atoms with Gasteiger partial charge in [-0.3, -0.25) is 0 Å². The minimum absolute atomic E-state index is 0.128. The van der Waals surface area contributed by atoms with Crippen molar-refractivity contribution >= 4 is 0 Å². The summed E-state index contributed by atoms with van der Waals surface area (Å²) in [5, 5.41) is 13.8. The molecule has 1 saturated carbocycles. The Morgan fingerprint density at radius 2 is 2.05 bits per heavy atom. The van der Waals surface area contributed by atoms with Gasteiger partial charge in [-0.15, -0.1) is 0 Å². The Morgan fingerprint density at radius 1 is 1.33 bits per heavy atom. The van der Waals surface area contributed by atoms with Crippen LogP contribution in [0.2, 0.25) is 0 Å². The summed E-state index contributed by atoms with van der Waals surface area (Å²) >= 11 is 0. The van der Waals surface area contributed by atoms with Crippen LogP contribution in [0.15, 0.2) is 18.2 Å². The van der Waals surface area contributed by atoms with Gasteiger partial charge in [0.05, 0.1) is 12.7 Å². The Labute approximate surface area is 127 Å². The molecule has 1 aliphatic carbocycles. The third kappa shape index (κ3) is 4.61. The predicted molar refractivity (Wildman–Crippen MR) is 83.8 cm³/mol. The number of nitrogens with one attached hydrogen (secondary N) is 1. The van der Waals surface area contributed by atoms with E-state index < -0.39 is 5.60 Å². The van der Waals surface area contributed by atoms with Gasteiger partial charge < -0.3 is 19.9 Å². The van der Waals surface area contributed by atoms with Crippen LogP contribution in [0.3, 0.4) is 0 Å². The molecule has 0 aliphatic heterocycles. The Kier molecular flexibility index (Phi) is 5.12. The molecule has 118 valence electrons. The van der Waals surface area contributed by atoms with E-state index >= 15 is 0 Å². The molecule has 1 aliphatic rings. The van der Waals surface area contributed by atoms with Gasteiger partial charge in [-0.05, 0) is 43.4 Å². The smallest absolute Gasteiger partial charge is 0.161 e. The molecule has 1 atom stereocenters. The van der Waals surface area contributed by atoms with Crippen LogP contribution in [0.1, 0.15) is 39.2 Å². The fourth-order valence-electron chi connectivity index (χ4n) is 1.88. The monoisotopic (exact) mass is 293 g/mol. The lowest BCUT2D eigenvalue weighted by atomic mass is 9.94. The predicted octanol–water partition coefficient (Wildman–Crippen LogP) is 2.73. The molecule has 1 fully saturated rings. The zero-order valence-electron chi connectivity index (χ0n) is 13.5. The molecule has 1 unspecified atom stereocenters. The molecule has 0 bridgehead atoms. The Bertz CT molecular complexity index is 467. The van der Waals surface area contributed by atoms with E-state index in [0.29, 0.717) is 17.5 Å². The van der Waals surface area contributed by atoms with Crippen molar-refractivity contribution in [2.75, 3.05) is 13.7 Å². The summed E-state index contributed by atoms with van der Waals surface area (Å²) in [6.07, 6.45) is 2.55. The van der Waals surface area contributed by atoms with E-state index in [2.05, 4.69) is 5.32 Å². The van der Waals surface area contributed by atoms with Crippen LogP contribution in [0.4, 0.5) is 0 Å². The van der Waals surface area contributed by atoms with Crippen molar-refractivity contribution < 1.29 is 14.6 Å². The van der Waals surface area contributed by atoms with Crippen LogP contribution < -0.4 is 14.8 Å². The summed E-state index contributed by atoms with van der Waals surface area (Å²) in [5.74, 6) is 1.52. The zero-order chi connectivity index (χ0) is 15.5. The normalized spacial score (nSPS) is 17.6. The number of ether oxygens (including phenoxy) is 2. The SMILES string of the molecule is COc1ccc(CNC2CC2)cc1OCC(C)(O)C(C)C. The highest BCUT2D eigenvalue weighted by atomic mass is 16.5. The van der Waals surface area contributed by atoms with Crippen LogP contribution in [-0.2, 0) is 6.54 Å². The van der Waals surface area contributed by atoms with E-state index in [1.54, 1.807) is 14.0 Å². The molecule has 2 rings (SSSR count). The second kappa shape index (κ2) is 6.67. The topological polar surface area (TPSA) is 50.7 Å². The first-order valence-electron chi connectivity index (χ1n) is 7.68. The summed E-state index contributed by atoms with van der Waals surface area (Å²) < 4.78 is 11.2. The van der Waals surface area contributed by atoms with Crippen molar-refractivity contribution in [3.63, 3.8) is 0 Å². The zero-order valence-corrected chi connectivity index (χ0v) is 13.5. The Morgan fingerprint density at radius 3 is 2.62 bits per heavy atom. The van der Waals surface area contributed by atoms with Gasteiger partial charge >= 0.3 is 0 Å². The third-order valence-corrected chi connectivity index (χ3v) is 4.16. The number of benzene rings is 1. The van der Waals surface area contributed by atoms with Gasteiger partial charge in [0.2, 0.25) is 0 Å². The van der Waals surface area contributed by atoms with E-state index in [0.717, 1.165) is 6.54 Å². The van der Waals surface area contributed by atoms with Crippen molar-refractivity contribution in [1.29, 1.82) is 0 Å². The quantitative estimate of drug-likeness (QED) is 0.774. The molecule has 0 aromatic heterocycles. The van der Waals surface area contributed by atoms with Crippen LogP contribution in [0.5, 0.6) is 11.5 Å². The molecule has 4 nitrogen and oxygen atoms in total. The first-order chi connectivity index (χ1) is 9.92. The number of aliphatic hydroxyl groups is 1. The molecule has 0 radical (unpaired) electrons. The highest BCUT2D eigenvalue weighted by Gasteiger charge is 2.26. The first kappa shape index (κ1) is 16.1. The van der Waals surface area contributed by atoms with Gasteiger partial charge in [-0.2, -0.15) is 0 Å². The van der Waals surface area contributed by atoms with Crippen LogP contribution in [0.25, 0.3) is 0 Å². The second-order valence-electron chi connectivity index (χ2n) is 6.44. The maximum Gasteiger partial charge on any atom is 0.161 e. The molecule has 0 amide bonds. The molecule has 0 saturated heterocycles. The van der Waals surface area contributed by atoms with Crippen molar-refractivity contribution in [2.24, 2.45) is 5.92 Å². The molecular formula is C17H27NO3. The van der Waals surface area contributed by atoms with Crippen molar-refractivity contribution in [3.05, 3.63) is 23.8 Å². The van der Waals surface area contributed by atoms with Crippen molar-refractivity contribution in [2.45, 2.75) is 51.8 Å². The second-order valence-corrected chi connectivity index (χ2v) is 6.44. The fourth-order valence-corrected chi connectivity index (χ4v) is 1.88. The number of hydrogen-bond donors (Lipinski definition) is 2. The fraction of sp³-hybridized carbons (Fsp3) is 0.647. The summed E-state index contributed by atoms with van der Waals surface area (Å²) in [6, 6.07) is 6.63. The molecular weight excluding hydrogens is 266 g/mol. The van der Waals surface area contributed by atoms with E-state index in [4.69, 9.17) is 9.47 Å². The summed E-state index contributed by atoms with van der Waals surface area (Å²) in [6.45, 7) is 6.85. The summed E-state index contributed by atoms with van der Waals surface area (Å²) in [4.78, 5) is 0. The molecule has 0 heterocycles. The molecule has 21 heavy (non-hydrogen) atoms. The molecule has 0 spiro atoms. The van der Waals surface area contributed by atoms with Crippen LogP contribution in [-0.4, -0.2) is 30.5 Å². The number of rotatable bonds is 8. The molecule has 2 N–H and O–H groups in total. The van der Waals surface area contributed by atoms with Crippen molar-refractivity contribution in [1.82, 2.24) is 5.32 Å². The van der Waals surface area contributed by atoms with E-state index in [1.165, 1.54) is 18.4 Å². The standard InChI is InChI=1S/C17H27NO3/c1-12(2)17(3,19)11-21-16-9-13(5-8-15(16)20-4)10-18-14-6-7-14/h5,8-9,12,14,18-19H,6-7,10-11H2,1-4H3. The Balaban J connectivity index is 2.02. The van der Waals surface area contributed by atoms with E-state index in [1.807, 2.05) is 32.0 Å². The minimum atomic E-state index is -0.854. The highest BCUT2D eigenvalue weighted by molar-refractivity contribution is 5.43. The number of methoxy groups -OCH3 is 1. The van der Waals surface area contributed by atoms with Gasteiger partial charge in [0.1, 0.15) is 6.61 Å². The van der Waals surface area contributed by atoms with Gasteiger partial charge in [-0.1, -0.05) is 19.9 Å². The largest absolute Gasteiger partial charge is 0.493 e. The third-order valence-electron chi connectivity index (χ3n) is 4.16. The van der Waals surface area contributed by atoms with E-state index in [-0.39, 0.29) is 12.5 Å². The Hall–Kier alpha value is -1.26. The molecule has 1 aromatic carbocycles. The lowest BCUT2D eigenvalue weighted by Gasteiger charge is -2.28. The summed E-state index contributed by atoms with van der Waals surface area (Å²) in [5.41, 5.74) is 0.315. The molecule has 1 aromatic rings. The number of hydrogen-bond acceptors (Lipinski definition) is 4.